The van der Waals surface area contributed by atoms with Gasteiger partial charge >= 0.3 is 5.97 Å². The van der Waals surface area contributed by atoms with Crippen LogP contribution in [0.3, 0.4) is 0 Å². The number of thioether (sulfide) groups is 1. The van der Waals surface area contributed by atoms with Gasteiger partial charge in [0.2, 0.25) is 11.0 Å². The van der Waals surface area contributed by atoms with E-state index in [0.717, 1.165) is 9.90 Å². The molecule has 1 aromatic carbocycles. The lowest BCUT2D eigenvalue weighted by atomic mass is 10.1. The van der Waals surface area contributed by atoms with Crippen molar-refractivity contribution >= 4 is 46.2 Å². The molecule has 0 saturated carbocycles. The van der Waals surface area contributed by atoms with Crippen LogP contribution >= 0.6 is 23.1 Å². The van der Waals surface area contributed by atoms with E-state index in [4.69, 9.17) is 4.42 Å². The highest BCUT2D eigenvalue weighted by Gasteiger charge is 2.08. The van der Waals surface area contributed by atoms with E-state index in [2.05, 4.69) is 20.3 Å². The molecular formula is C18H15N3O4S2. The number of esters is 1. The Morgan fingerprint density at radius 2 is 2.07 bits per heavy atom. The summed E-state index contributed by atoms with van der Waals surface area (Å²) in [6.07, 6.45) is 4.48. The van der Waals surface area contributed by atoms with Crippen LogP contribution in [0.1, 0.15) is 21.7 Å². The molecule has 9 heteroatoms. The molecule has 27 heavy (non-hydrogen) atoms. The molecule has 0 aliphatic heterocycles. The maximum atomic E-state index is 11.9. The first-order chi connectivity index (χ1) is 13.1. The molecule has 7 nitrogen and oxygen atoms in total. The molecule has 0 aliphatic rings. The fourth-order valence-electron chi connectivity index (χ4n) is 2.01. The van der Waals surface area contributed by atoms with Crippen molar-refractivity contribution in [2.45, 2.75) is 10.1 Å². The Labute approximate surface area is 163 Å². The Morgan fingerprint density at radius 1 is 1.26 bits per heavy atom. The Kier molecular flexibility index (Phi) is 6.39. The van der Waals surface area contributed by atoms with Crippen LogP contribution in [0, 0.1) is 0 Å². The molecule has 0 bridgehead atoms. The minimum absolute atomic E-state index is 0.308. The van der Waals surface area contributed by atoms with Gasteiger partial charge < -0.3 is 9.15 Å². The van der Waals surface area contributed by atoms with Crippen molar-refractivity contribution in [1.82, 2.24) is 10.2 Å². The number of anilines is 1. The van der Waals surface area contributed by atoms with Gasteiger partial charge in [0, 0.05) is 11.8 Å². The molecule has 1 N–H and O–H groups in total. The maximum absolute atomic E-state index is 11.9. The van der Waals surface area contributed by atoms with Crippen molar-refractivity contribution in [3.05, 3.63) is 65.6 Å². The summed E-state index contributed by atoms with van der Waals surface area (Å²) in [5.74, 6) is 0.594. The molecule has 2 aromatic heterocycles. The fourth-order valence-corrected chi connectivity index (χ4v) is 3.72. The molecule has 0 unspecified atom stereocenters. The lowest BCUT2D eigenvalue weighted by Gasteiger charge is -2.01. The molecule has 0 saturated heterocycles. The van der Waals surface area contributed by atoms with E-state index in [1.54, 1.807) is 30.3 Å². The van der Waals surface area contributed by atoms with E-state index >= 15 is 0 Å². The molecule has 1 amide bonds. The number of hydrogen-bond donors (Lipinski definition) is 1. The normalized spacial score (nSPS) is 10.9. The van der Waals surface area contributed by atoms with Crippen molar-refractivity contribution in [3.63, 3.8) is 0 Å². The number of aromatic nitrogens is 2. The number of methoxy groups -OCH3 is 1. The van der Waals surface area contributed by atoms with Crippen LogP contribution < -0.4 is 5.32 Å². The highest BCUT2D eigenvalue weighted by molar-refractivity contribution is 8.00. The first-order valence-corrected chi connectivity index (χ1v) is 9.60. The van der Waals surface area contributed by atoms with E-state index in [1.165, 1.54) is 42.5 Å². The van der Waals surface area contributed by atoms with Crippen molar-refractivity contribution in [2.24, 2.45) is 0 Å². The van der Waals surface area contributed by atoms with E-state index < -0.39 is 0 Å². The molecule has 0 radical (unpaired) electrons. The molecular weight excluding hydrogens is 386 g/mol. The molecule has 0 spiro atoms. The number of benzene rings is 1. The third-order valence-corrected chi connectivity index (χ3v) is 5.36. The molecule has 3 rings (SSSR count). The summed E-state index contributed by atoms with van der Waals surface area (Å²) in [5.41, 5.74) is 1.55. The SMILES string of the molecule is COC(=O)c1ccc(CSc2nnc(NC(=O)C=Cc3ccco3)s2)cc1. The topological polar surface area (TPSA) is 94.3 Å². The second kappa shape index (κ2) is 9.15. The molecule has 138 valence electrons. The van der Waals surface area contributed by atoms with Crippen LogP contribution in [-0.2, 0) is 15.3 Å². The summed E-state index contributed by atoms with van der Waals surface area (Å²) in [6.45, 7) is 0. The van der Waals surface area contributed by atoms with Gasteiger partial charge in [-0.25, -0.2) is 4.79 Å². The predicted octanol–water partition coefficient (Wildman–Crippen LogP) is 3.86. The molecule has 0 aliphatic carbocycles. The number of amides is 1. The molecule has 0 atom stereocenters. The standard InChI is InChI=1S/C18H15N3O4S2/c1-24-16(23)13-6-4-12(5-7-13)11-26-18-21-20-17(27-18)19-15(22)9-8-14-3-2-10-25-14/h2-10H,11H2,1H3,(H,19,20,22). The number of carbonyl (C=O) groups excluding carboxylic acids is 2. The number of nitrogens with one attached hydrogen (secondary N) is 1. The second-order valence-corrected chi connectivity index (χ2v) is 7.39. The first kappa shape index (κ1) is 18.9. The van der Waals surface area contributed by atoms with Gasteiger partial charge in [-0.15, -0.1) is 10.2 Å². The lowest BCUT2D eigenvalue weighted by molar-refractivity contribution is -0.111. The summed E-state index contributed by atoms with van der Waals surface area (Å²) >= 11 is 2.79. The first-order valence-electron chi connectivity index (χ1n) is 7.80. The van der Waals surface area contributed by atoms with Crippen LogP contribution in [0.2, 0.25) is 0 Å². The summed E-state index contributed by atoms with van der Waals surface area (Å²) < 4.78 is 10.5. The van der Waals surface area contributed by atoms with E-state index in [-0.39, 0.29) is 11.9 Å². The average Bonchev–Trinajstić information content (AvgIpc) is 3.36. The zero-order chi connectivity index (χ0) is 19.1. The minimum atomic E-state index is -0.361. The zero-order valence-electron chi connectivity index (χ0n) is 14.2. The Morgan fingerprint density at radius 3 is 2.78 bits per heavy atom. The highest BCUT2D eigenvalue weighted by Crippen LogP contribution is 2.28. The van der Waals surface area contributed by atoms with Gasteiger partial charge in [-0.3, -0.25) is 10.1 Å². The lowest BCUT2D eigenvalue weighted by Crippen LogP contribution is -2.07. The van der Waals surface area contributed by atoms with Crippen LogP contribution in [0.25, 0.3) is 6.08 Å². The largest absolute Gasteiger partial charge is 0.465 e. The smallest absolute Gasteiger partial charge is 0.337 e. The van der Waals surface area contributed by atoms with Gasteiger partial charge in [0.25, 0.3) is 0 Å². The number of ether oxygens (including phenoxy) is 1. The van der Waals surface area contributed by atoms with Crippen molar-refractivity contribution in [2.75, 3.05) is 12.4 Å². The second-order valence-electron chi connectivity index (χ2n) is 5.19. The van der Waals surface area contributed by atoms with E-state index in [1.807, 2.05) is 12.1 Å². The van der Waals surface area contributed by atoms with Gasteiger partial charge in [0.05, 0.1) is 18.9 Å². The monoisotopic (exact) mass is 401 g/mol. The fraction of sp³-hybridized carbons (Fsp3) is 0.111. The average molecular weight is 401 g/mol. The Bertz CT molecular complexity index is 934. The van der Waals surface area contributed by atoms with Gasteiger partial charge in [-0.1, -0.05) is 35.2 Å². The third-order valence-electron chi connectivity index (χ3n) is 3.32. The highest BCUT2D eigenvalue weighted by atomic mass is 32.2. The van der Waals surface area contributed by atoms with E-state index in [9.17, 15) is 9.59 Å². The van der Waals surface area contributed by atoms with Crippen molar-refractivity contribution in [3.8, 4) is 0 Å². The minimum Gasteiger partial charge on any atom is -0.465 e. The number of carbonyl (C=O) groups is 2. The molecule has 0 fully saturated rings. The maximum Gasteiger partial charge on any atom is 0.337 e. The summed E-state index contributed by atoms with van der Waals surface area (Å²) in [7, 11) is 1.35. The van der Waals surface area contributed by atoms with Crippen molar-refractivity contribution < 1.29 is 18.7 Å². The number of furan rings is 1. The predicted molar refractivity (Wildman–Crippen MR) is 104 cm³/mol. The van der Waals surface area contributed by atoms with Crippen LogP contribution in [-0.4, -0.2) is 29.2 Å². The molecule has 2 heterocycles. The van der Waals surface area contributed by atoms with Gasteiger partial charge in [-0.05, 0) is 35.9 Å². The summed E-state index contributed by atoms with van der Waals surface area (Å²) in [4.78, 5) is 23.3. The molecule has 3 aromatic rings. The van der Waals surface area contributed by atoms with Gasteiger partial charge in [-0.2, -0.15) is 0 Å². The zero-order valence-corrected chi connectivity index (χ0v) is 15.9. The summed E-state index contributed by atoms with van der Waals surface area (Å²) in [6, 6.07) is 10.7. The summed E-state index contributed by atoms with van der Waals surface area (Å²) in [5, 5.41) is 11.1. The van der Waals surface area contributed by atoms with Crippen LogP contribution in [0.15, 0.2) is 57.5 Å². The Balaban J connectivity index is 1.50. The quantitative estimate of drug-likeness (QED) is 0.278. The van der Waals surface area contributed by atoms with Crippen molar-refractivity contribution in [1.29, 1.82) is 0 Å². The number of hydrogen-bond acceptors (Lipinski definition) is 8. The van der Waals surface area contributed by atoms with Crippen LogP contribution in [0.5, 0.6) is 0 Å². The number of nitrogens with zero attached hydrogens (tertiary/aromatic N) is 2. The third kappa shape index (κ3) is 5.53. The van der Waals surface area contributed by atoms with Crippen LogP contribution in [0.4, 0.5) is 5.13 Å². The number of rotatable bonds is 7. The Hall–Kier alpha value is -2.91. The van der Waals surface area contributed by atoms with Gasteiger partial charge in [0.1, 0.15) is 5.76 Å². The van der Waals surface area contributed by atoms with Gasteiger partial charge in [0.15, 0.2) is 4.34 Å². The van der Waals surface area contributed by atoms with E-state index in [0.29, 0.717) is 22.2 Å².